The second-order valence-corrected chi connectivity index (χ2v) is 2.18. The predicted octanol–water partition coefficient (Wildman–Crippen LogP) is 1.59. The van der Waals surface area contributed by atoms with E-state index in [-0.39, 0.29) is 5.43 Å². The van der Waals surface area contributed by atoms with Gasteiger partial charge < -0.3 is 4.42 Å². The molecule has 0 unspecified atom stereocenters. The molecule has 2 nitrogen and oxygen atoms in total. The molecule has 0 atom stereocenters. The number of aryl methyl sites for hydroxylation is 1. The molecule has 1 aromatic heterocycles. The summed E-state index contributed by atoms with van der Waals surface area (Å²) in [5.74, 6) is 0.773. The molecule has 0 amide bonds. The van der Waals surface area contributed by atoms with Crippen molar-refractivity contribution in [2.24, 2.45) is 0 Å². The third-order valence-electron chi connectivity index (χ3n) is 1.25. The van der Waals surface area contributed by atoms with E-state index in [1.807, 2.05) is 6.92 Å². The van der Waals surface area contributed by atoms with Gasteiger partial charge in [-0.25, -0.2) is 0 Å². The van der Waals surface area contributed by atoms with Gasteiger partial charge in [0.2, 0.25) is 0 Å². The molecule has 0 N–H and O–H groups in total. The second kappa shape index (κ2) is 3.20. The van der Waals surface area contributed by atoms with Crippen LogP contribution in [-0.4, -0.2) is 0 Å². The largest absolute Gasteiger partial charge is 0.469 e. The van der Waals surface area contributed by atoms with Crippen molar-refractivity contribution in [1.29, 1.82) is 0 Å². The molecule has 0 aliphatic heterocycles. The lowest BCUT2D eigenvalue weighted by molar-refractivity contribution is 0.487. The van der Waals surface area contributed by atoms with Crippen LogP contribution < -0.4 is 5.43 Å². The van der Waals surface area contributed by atoms with E-state index in [4.69, 9.17) is 4.42 Å². The zero-order valence-corrected chi connectivity index (χ0v) is 5.96. The van der Waals surface area contributed by atoms with Crippen molar-refractivity contribution < 1.29 is 4.42 Å². The van der Waals surface area contributed by atoms with Gasteiger partial charge in [0, 0.05) is 18.6 Å². The first-order chi connectivity index (χ1) is 4.83. The van der Waals surface area contributed by atoms with Gasteiger partial charge >= 0.3 is 0 Å². The van der Waals surface area contributed by atoms with Gasteiger partial charge in [0.1, 0.15) is 5.76 Å². The van der Waals surface area contributed by atoms with Crippen LogP contribution in [0.5, 0.6) is 0 Å². The lowest BCUT2D eigenvalue weighted by atomic mass is 10.2. The molecular formula is C8H10O2. The Morgan fingerprint density at radius 2 is 2.40 bits per heavy atom. The summed E-state index contributed by atoms with van der Waals surface area (Å²) < 4.78 is 5.05. The van der Waals surface area contributed by atoms with E-state index < -0.39 is 0 Å². The summed E-state index contributed by atoms with van der Waals surface area (Å²) in [6, 6.07) is 2.95. The van der Waals surface area contributed by atoms with E-state index in [2.05, 4.69) is 0 Å². The predicted molar refractivity (Wildman–Crippen MR) is 39.0 cm³/mol. The van der Waals surface area contributed by atoms with Crippen molar-refractivity contribution in [3.05, 3.63) is 34.4 Å². The van der Waals surface area contributed by atoms with Gasteiger partial charge in [-0.05, 0) is 6.42 Å². The van der Waals surface area contributed by atoms with Crippen molar-refractivity contribution >= 4 is 0 Å². The van der Waals surface area contributed by atoms with E-state index in [9.17, 15) is 4.79 Å². The fraction of sp³-hybridized carbons (Fsp3) is 0.375. The Morgan fingerprint density at radius 3 is 3.00 bits per heavy atom. The monoisotopic (exact) mass is 138 g/mol. The first-order valence-electron chi connectivity index (χ1n) is 3.40. The Bertz CT molecular complexity index is 249. The van der Waals surface area contributed by atoms with Crippen LogP contribution >= 0.6 is 0 Å². The molecular weight excluding hydrogens is 128 g/mol. The fourth-order valence-corrected chi connectivity index (χ4v) is 0.807. The molecule has 1 rings (SSSR count). The molecule has 0 spiro atoms. The van der Waals surface area contributed by atoms with Crippen molar-refractivity contribution in [1.82, 2.24) is 0 Å². The number of rotatable bonds is 2. The molecule has 0 saturated carbocycles. The smallest absolute Gasteiger partial charge is 0.185 e. The van der Waals surface area contributed by atoms with Crippen molar-refractivity contribution in [2.75, 3.05) is 0 Å². The standard InChI is InChI=1S/C8H10O2/c1-2-3-8-6-7(9)4-5-10-8/h4-6H,2-3H2,1H3. The van der Waals surface area contributed by atoms with Crippen LogP contribution in [0.2, 0.25) is 0 Å². The Kier molecular flexibility index (Phi) is 2.26. The molecule has 0 aromatic carbocycles. The molecule has 0 radical (unpaired) electrons. The highest BCUT2D eigenvalue weighted by Gasteiger charge is 1.91. The van der Waals surface area contributed by atoms with Crippen LogP contribution in [0.4, 0.5) is 0 Å². The molecule has 0 bridgehead atoms. The van der Waals surface area contributed by atoms with Gasteiger partial charge in [-0.15, -0.1) is 0 Å². The Balaban J connectivity index is 2.85. The maximum absolute atomic E-state index is 10.7. The SMILES string of the molecule is CCCc1cc(=O)cco1. The normalized spacial score (nSPS) is 9.70. The lowest BCUT2D eigenvalue weighted by Gasteiger charge is -1.92. The van der Waals surface area contributed by atoms with Gasteiger partial charge in [0.05, 0.1) is 6.26 Å². The summed E-state index contributed by atoms with van der Waals surface area (Å²) in [5, 5.41) is 0. The average molecular weight is 138 g/mol. The molecule has 0 aliphatic rings. The van der Waals surface area contributed by atoms with Gasteiger partial charge in [-0.1, -0.05) is 6.92 Å². The lowest BCUT2D eigenvalue weighted by Crippen LogP contribution is -1.97. The van der Waals surface area contributed by atoms with Crippen molar-refractivity contribution in [2.45, 2.75) is 19.8 Å². The molecule has 0 aliphatic carbocycles. The summed E-state index contributed by atoms with van der Waals surface area (Å²) in [7, 11) is 0. The Labute approximate surface area is 59.5 Å². The molecule has 1 heterocycles. The minimum atomic E-state index is 0.0229. The van der Waals surface area contributed by atoms with Crippen molar-refractivity contribution in [3.8, 4) is 0 Å². The van der Waals surface area contributed by atoms with Crippen molar-refractivity contribution in [3.63, 3.8) is 0 Å². The highest BCUT2D eigenvalue weighted by molar-refractivity contribution is 4.99. The first kappa shape index (κ1) is 7.06. The van der Waals surface area contributed by atoms with E-state index in [1.165, 1.54) is 18.4 Å². The van der Waals surface area contributed by atoms with Gasteiger partial charge in [0.15, 0.2) is 5.43 Å². The van der Waals surface area contributed by atoms with Crippen LogP contribution in [0.25, 0.3) is 0 Å². The van der Waals surface area contributed by atoms with E-state index in [0.717, 1.165) is 18.6 Å². The summed E-state index contributed by atoms with van der Waals surface area (Å²) in [6.07, 6.45) is 3.29. The van der Waals surface area contributed by atoms with E-state index in [0.29, 0.717) is 0 Å². The van der Waals surface area contributed by atoms with Crippen LogP contribution in [-0.2, 0) is 6.42 Å². The maximum atomic E-state index is 10.7. The minimum Gasteiger partial charge on any atom is -0.469 e. The summed E-state index contributed by atoms with van der Waals surface area (Å²) in [6.45, 7) is 2.05. The second-order valence-electron chi connectivity index (χ2n) is 2.18. The zero-order chi connectivity index (χ0) is 7.40. The van der Waals surface area contributed by atoms with Crippen LogP contribution in [0.15, 0.2) is 27.6 Å². The molecule has 0 saturated heterocycles. The average Bonchev–Trinajstić information content (AvgIpc) is 1.88. The molecule has 10 heavy (non-hydrogen) atoms. The fourth-order valence-electron chi connectivity index (χ4n) is 0.807. The maximum Gasteiger partial charge on any atom is 0.185 e. The number of hydrogen-bond acceptors (Lipinski definition) is 2. The highest BCUT2D eigenvalue weighted by atomic mass is 16.3. The quantitative estimate of drug-likeness (QED) is 0.621. The summed E-state index contributed by atoms with van der Waals surface area (Å²) in [4.78, 5) is 10.7. The zero-order valence-electron chi connectivity index (χ0n) is 5.96. The highest BCUT2D eigenvalue weighted by Crippen LogP contribution is 1.97. The Morgan fingerprint density at radius 1 is 1.60 bits per heavy atom. The molecule has 2 heteroatoms. The van der Waals surface area contributed by atoms with E-state index in [1.54, 1.807) is 0 Å². The third-order valence-corrected chi connectivity index (χ3v) is 1.25. The topological polar surface area (TPSA) is 30.2 Å². The third kappa shape index (κ3) is 1.72. The Hall–Kier alpha value is -1.05. The molecule has 0 fully saturated rings. The minimum absolute atomic E-state index is 0.0229. The molecule has 1 aromatic rings. The van der Waals surface area contributed by atoms with Crippen LogP contribution in [0.1, 0.15) is 19.1 Å². The van der Waals surface area contributed by atoms with Gasteiger partial charge in [0.25, 0.3) is 0 Å². The first-order valence-corrected chi connectivity index (χ1v) is 3.40. The van der Waals surface area contributed by atoms with E-state index >= 15 is 0 Å². The molecule has 54 valence electrons. The van der Waals surface area contributed by atoms with Gasteiger partial charge in [-0.3, -0.25) is 4.79 Å². The number of hydrogen-bond donors (Lipinski definition) is 0. The van der Waals surface area contributed by atoms with Crippen LogP contribution in [0.3, 0.4) is 0 Å². The van der Waals surface area contributed by atoms with Gasteiger partial charge in [-0.2, -0.15) is 0 Å². The van der Waals surface area contributed by atoms with Crippen LogP contribution in [0, 0.1) is 0 Å². The summed E-state index contributed by atoms with van der Waals surface area (Å²) in [5.41, 5.74) is 0.0229. The summed E-state index contributed by atoms with van der Waals surface area (Å²) >= 11 is 0.